The molecule has 0 spiro atoms. The fourth-order valence-corrected chi connectivity index (χ4v) is 3.25. The van der Waals surface area contributed by atoms with Crippen molar-refractivity contribution in [3.63, 3.8) is 0 Å². The predicted octanol–water partition coefficient (Wildman–Crippen LogP) is 2.56. The highest BCUT2D eigenvalue weighted by Crippen LogP contribution is 2.18. The third-order valence-corrected chi connectivity index (χ3v) is 5.25. The van der Waals surface area contributed by atoms with Crippen LogP contribution in [0, 0.1) is 5.92 Å². The van der Waals surface area contributed by atoms with Gasteiger partial charge in [0.25, 0.3) is 23.6 Å². The number of para-hydroxylation sites is 1. The number of methoxy groups -OCH3 is 1. The maximum Gasteiger partial charge on any atom is 0.269 e. The van der Waals surface area contributed by atoms with E-state index in [1.807, 2.05) is 0 Å². The van der Waals surface area contributed by atoms with Crippen LogP contribution in [0.1, 0.15) is 44.9 Å². The number of nitrogens with one attached hydrogen (secondary N) is 4. The van der Waals surface area contributed by atoms with Crippen LogP contribution in [0.3, 0.4) is 0 Å². The minimum Gasteiger partial charge on any atom is -0.497 e. The largest absolute Gasteiger partial charge is 0.497 e. The van der Waals surface area contributed by atoms with Crippen LogP contribution in [0.4, 0.5) is 5.69 Å². The Labute approximate surface area is 208 Å². The Kier molecular flexibility index (Phi) is 8.71. The number of carbonyl (C=O) groups is 4. The average Bonchev–Trinajstić information content (AvgIpc) is 2.90. The van der Waals surface area contributed by atoms with Gasteiger partial charge in [0.05, 0.1) is 18.4 Å². The highest BCUT2D eigenvalue weighted by Gasteiger charge is 2.26. The van der Waals surface area contributed by atoms with Gasteiger partial charge in [-0.25, -0.2) is 0 Å². The van der Waals surface area contributed by atoms with Gasteiger partial charge in [-0.15, -0.1) is 0 Å². The van der Waals surface area contributed by atoms with Gasteiger partial charge in [0, 0.05) is 23.5 Å². The molecule has 0 aliphatic carbocycles. The van der Waals surface area contributed by atoms with Crippen LogP contribution < -0.4 is 26.2 Å². The van der Waals surface area contributed by atoms with Crippen LogP contribution in [0.2, 0.25) is 0 Å². The first kappa shape index (κ1) is 25.9. The SMILES string of the molecule is COc1ccc(C(=O)Nc2ccccc2C(=O)NC(C(=O)NNC(=O)c2ccncc2)C(C)C)cc1. The minimum atomic E-state index is -0.958. The van der Waals surface area contributed by atoms with Crippen LogP contribution in [0.15, 0.2) is 73.1 Å². The van der Waals surface area contributed by atoms with Crippen LogP contribution in [-0.4, -0.2) is 41.8 Å². The number of ether oxygens (including phenoxy) is 1. The summed E-state index contributed by atoms with van der Waals surface area (Å²) in [4.78, 5) is 54.6. The number of benzene rings is 2. The number of hydrazine groups is 1. The lowest BCUT2D eigenvalue weighted by Gasteiger charge is -2.22. The van der Waals surface area contributed by atoms with Gasteiger partial charge < -0.3 is 15.4 Å². The zero-order valence-electron chi connectivity index (χ0n) is 20.1. The molecule has 36 heavy (non-hydrogen) atoms. The molecule has 186 valence electrons. The van der Waals surface area contributed by atoms with Crippen molar-refractivity contribution in [2.75, 3.05) is 12.4 Å². The second-order valence-electron chi connectivity index (χ2n) is 8.10. The number of rotatable bonds is 8. The molecular formula is C26H27N5O5. The normalized spacial score (nSPS) is 11.2. The van der Waals surface area contributed by atoms with E-state index in [1.165, 1.54) is 31.6 Å². The molecule has 0 saturated carbocycles. The number of anilines is 1. The van der Waals surface area contributed by atoms with E-state index in [0.717, 1.165) is 0 Å². The molecule has 3 rings (SSSR count). The molecule has 0 aliphatic rings. The highest BCUT2D eigenvalue weighted by atomic mass is 16.5. The van der Waals surface area contributed by atoms with Gasteiger partial charge in [0.2, 0.25) is 0 Å². The molecule has 0 saturated heterocycles. The van der Waals surface area contributed by atoms with Gasteiger partial charge in [-0.1, -0.05) is 26.0 Å². The topological polar surface area (TPSA) is 139 Å². The standard InChI is InChI=1S/C26H27N5O5/c1-16(2)22(26(35)31-30-24(33)18-12-14-27-15-13-18)29-25(34)20-6-4-5-7-21(20)28-23(32)17-8-10-19(36-3)11-9-17/h4-16,22H,1-3H3,(H,28,32)(H,29,34)(H,30,33)(H,31,35). The maximum absolute atomic E-state index is 13.1. The number of pyridine rings is 1. The Balaban J connectivity index is 1.68. The molecule has 3 aromatic rings. The summed E-state index contributed by atoms with van der Waals surface area (Å²) in [6, 6.07) is 15.0. The van der Waals surface area contributed by atoms with Crippen LogP contribution >= 0.6 is 0 Å². The summed E-state index contributed by atoms with van der Waals surface area (Å²) < 4.78 is 5.10. The Morgan fingerprint density at radius 3 is 2.06 bits per heavy atom. The first-order chi connectivity index (χ1) is 17.3. The zero-order valence-corrected chi connectivity index (χ0v) is 20.1. The van der Waals surface area contributed by atoms with E-state index in [4.69, 9.17) is 4.74 Å². The third kappa shape index (κ3) is 6.66. The lowest BCUT2D eigenvalue weighted by atomic mass is 10.0. The van der Waals surface area contributed by atoms with E-state index in [9.17, 15) is 19.2 Å². The van der Waals surface area contributed by atoms with Crippen molar-refractivity contribution in [1.82, 2.24) is 21.2 Å². The van der Waals surface area contributed by atoms with Crippen LogP contribution in [0.25, 0.3) is 0 Å². The lowest BCUT2D eigenvalue weighted by molar-refractivity contribution is -0.124. The fourth-order valence-electron chi connectivity index (χ4n) is 3.25. The molecular weight excluding hydrogens is 462 g/mol. The number of carbonyl (C=O) groups excluding carboxylic acids is 4. The molecule has 0 radical (unpaired) electrons. The van der Waals surface area contributed by atoms with Crippen molar-refractivity contribution in [2.24, 2.45) is 5.92 Å². The van der Waals surface area contributed by atoms with Gasteiger partial charge in [-0.3, -0.25) is 35.0 Å². The van der Waals surface area contributed by atoms with E-state index in [-0.39, 0.29) is 17.2 Å². The number of nitrogens with zero attached hydrogens (tertiary/aromatic N) is 1. The molecule has 2 aromatic carbocycles. The summed E-state index contributed by atoms with van der Waals surface area (Å²) in [5.41, 5.74) is 5.83. The number of hydrogen-bond acceptors (Lipinski definition) is 6. The monoisotopic (exact) mass is 489 g/mol. The van der Waals surface area contributed by atoms with Gasteiger partial charge >= 0.3 is 0 Å². The molecule has 0 bridgehead atoms. The lowest BCUT2D eigenvalue weighted by Crippen LogP contribution is -2.54. The predicted molar refractivity (Wildman–Crippen MR) is 133 cm³/mol. The quantitative estimate of drug-likeness (QED) is 0.359. The summed E-state index contributed by atoms with van der Waals surface area (Å²) in [5, 5.41) is 5.42. The van der Waals surface area contributed by atoms with Crippen LogP contribution in [-0.2, 0) is 4.79 Å². The zero-order chi connectivity index (χ0) is 26.1. The van der Waals surface area contributed by atoms with Gasteiger partial charge in [-0.05, 0) is 54.4 Å². The minimum absolute atomic E-state index is 0.179. The molecule has 4 amide bonds. The molecule has 0 fully saturated rings. The van der Waals surface area contributed by atoms with Crippen molar-refractivity contribution in [3.05, 3.63) is 89.7 Å². The van der Waals surface area contributed by atoms with Gasteiger partial charge in [0.1, 0.15) is 11.8 Å². The van der Waals surface area contributed by atoms with Crippen molar-refractivity contribution >= 4 is 29.3 Å². The summed E-state index contributed by atoms with van der Waals surface area (Å²) in [6.07, 6.45) is 2.91. The second-order valence-corrected chi connectivity index (χ2v) is 8.10. The van der Waals surface area contributed by atoms with Crippen molar-refractivity contribution in [1.29, 1.82) is 0 Å². The van der Waals surface area contributed by atoms with Gasteiger partial charge in [0.15, 0.2) is 0 Å². The smallest absolute Gasteiger partial charge is 0.269 e. The molecule has 0 aliphatic heterocycles. The molecule has 1 atom stereocenters. The van der Waals surface area contributed by atoms with Crippen LogP contribution in [0.5, 0.6) is 5.75 Å². The molecule has 10 nitrogen and oxygen atoms in total. The van der Waals surface area contributed by atoms with Gasteiger partial charge in [-0.2, -0.15) is 0 Å². The fraction of sp³-hybridized carbons (Fsp3) is 0.192. The molecule has 1 aromatic heterocycles. The third-order valence-electron chi connectivity index (χ3n) is 5.25. The van der Waals surface area contributed by atoms with E-state index in [2.05, 4.69) is 26.5 Å². The Morgan fingerprint density at radius 2 is 1.42 bits per heavy atom. The average molecular weight is 490 g/mol. The molecule has 4 N–H and O–H groups in total. The molecule has 10 heteroatoms. The van der Waals surface area contributed by atoms with Crippen molar-refractivity contribution < 1.29 is 23.9 Å². The highest BCUT2D eigenvalue weighted by molar-refractivity contribution is 6.09. The Morgan fingerprint density at radius 1 is 0.778 bits per heavy atom. The summed E-state index contributed by atoms with van der Waals surface area (Å²) in [5.74, 6) is -1.77. The summed E-state index contributed by atoms with van der Waals surface area (Å²) in [6.45, 7) is 3.51. The van der Waals surface area contributed by atoms with E-state index < -0.39 is 29.7 Å². The van der Waals surface area contributed by atoms with Crippen molar-refractivity contribution in [2.45, 2.75) is 19.9 Å². The number of aromatic nitrogens is 1. The molecule has 1 unspecified atom stereocenters. The van der Waals surface area contributed by atoms with E-state index >= 15 is 0 Å². The number of hydrogen-bond donors (Lipinski definition) is 4. The van der Waals surface area contributed by atoms with E-state index in [0.29, 0.717) is 16.9 Å². The first-order valence-electron chi connectivity index (χ1n) is 11.2. The maximum atomic E-state index is 13.1. The van der Waals surface area contributed by atoms with Crippen molar-refractivity contribution in [3.8, 4) is 5.75 Å². The number of amides is 4. The first-order valence-corrected chi connectivity index (χ1v) is 11.2. The summed E-state index contributed by atoms with van der Waals surface area (Å²) in [7, 11) is 1.53. The molecule has 1 heterocycles. The second kappa shape index (κ2) is 12.1. The summed E-state index contributed by atoms with van der Waals surface area (Å²) >= 11 is 0. The van der Waals surface area contributed by atoms with E-state index in [1.54, 1.807) is 62.4 Å². The Bertz CT molecular complexity index is 1230. The Hall–Kier alpha value is -4.73.